The third-order valence-electron chi connectivity index (χ3n) is 17.5. The van der Waals surface area contributed by atoms with Crippen molar-refractivity contribution in [3.63, 3.8) is 0 Å². The number of allylic oxidation sites excluding steroid dienone is 2. The van der Waals surface area contributed by atoms with Gasteiger partial charge in [-0.15, -0.1) is 0 Å². The Kier molecular flexibility index (Phi) is 10.2. The lowest BCUT2D eigenvalue weighted by molar-refractivity contribution is -0.228. The number of ether oxygens (including phenoxy) is 2. The Morgan fingerprint density at radius 1 is 0.925 bits per heavy atom. The first-order valence-electron chi connectivity index (χ1n) is 20.7. The van der Waals surface area contributed by atoms with E-state index in [0.29, 0.717) is 54.8 Å². The van der Waals surface area contributed by atoms with Gasteiger partial charge in [-0.25, -0.2) is 13.2 Å². The molecule has 2 N–H and O–H groups in total. The van der Waals surface area contributed by atoms with E-state index < -0.39 is 15.8 Å². The number of nitrogens with one attached hydrogen (secondary N) is 1. The number of rotatable bonds is 10. The number of carboxylic acids is 1. The second-order valence-corrected chi connectivity index (χ2v) is 22.1. The summed E-state index contributed by atoms with van der Waals surface area (Å²) in [4.78, 5) is 13.9. The molecule has 4 saturated carbocycles. The molecule has 0 radical (unpaired) electrons. The average Bonchev–Trinajstić information content (AvgIpc) is 3.49. The Morgan fingerprint density at radius 2 is 1.62 bits per heavy atom. The molecule has 1 saturated heterocycles. The molecule has 0 bridgehead atoms. The smallest absolute Gasteiger partial charge is 0.335 e. The normalized spacial score (nSPS) is 41.6. The molecule has 5 aliphatic carbocycles. The van der Waals surface area contributed by atoms with Gasteiger partial charge in [-0.3, -0.25) is 0 Å². The van der Waals surface area contributed by atoms with Gasteiger partial charge in [0, 0.05) is 45.9 Å². The van der Waals surface area contributed by atoms with Crippen LogP contribution in [0.15, 0.2) is 30.3 Å². The highest BCUT2D eigenvalue weighted by Crippen LogP contribution is 2.77. The summed E-state index contributed by atoms with van der Waals surface area (Å²) < 4.78 is 36.6. The molecular formula is C44H68N2O6S. The third kappa shape index (κ3) is 6.20. The van der Waals surface area contributed by atoms with Crippen LogP contribution in [0.25, 0.3) is 5.57 Å². The molecule has 1 aromatic carbocycles. The van der Waals surface area contributed by atoms with E-state index in [1.807, 2.05) is 26.4 Å². The fourth-order valence-corrected chi connectivity index (χ4v) is 15.8. The number of nitrogens with zero attached hydrogens (tertiary/aromatic N) is 1. The molecule has 8 nitrogen and oxygen atoms in total. The summed E-state index contributed by atoms with van der Waals surface area (Å²) in [6.07, 6.45) is 13.3. The molecule has 0 aromatic heterocycles. The maximum absolute atomic E-state index is 12.1. The highest BCUT2D eigenvalue weighted by Gasteiger charge is 2.71. The molecule has 10 unspecified atom stereocenters. The molecule has 1 aliphatic heterocycles. The monoisotopic (exact) mass is 752 g/mol. The van der Waals surface area contributed by atoms with Crippen LogP contribution in [0.4, 0.5) is 0 Å². The zero-order valence-electron chi connectivity index (χ0n) is 33.9. The molecule has 0 amide bonds. The fourth-order valence-electron chi connectivity index (χ4n) is 14.5. The number of aromatic carboxylic acids is 1. The van der Waals surface area contributed by atoms with Gasteiger partial charge in [0.25, 0.3) is 0 Å². The highest BCUT2D eigenvalue weighted by molar-refractivity contribution is 7.91. The van der Waals surface area contributed by atoms with Crippen LogP contribution in [0.2, 0.25) is 0 Å². The lowest BCUT2D eigenvalue weighted by Gasteiger charge is -2.72. The van der Waals surface area contributed by atoms with Crippen LogP contribution < -0.4 is 5.32 Å². The van der Waals surface area contributed by atoms with Crippen molar-refractivity contribution in [3.05, 3.63) is 41.5 Å². The number of methoxy groups -OCH3 is 2. The van der Waals surface area contributed by atoms with Crippen LogP contribution >= 0.6 is 0 Å². The van der Waals surface area contributed by atoms with Crippen LogP contribution in [-0.4, -0.2) is 94.0 Å². The Morgan fingerprint density at radius 3 is 2.26 bits per heavy atom. The van der Waals surface area contributed by atoms with Gasteiger partial charge in [-0.05, 0) is 139 Å². The molecule has 10 atom stereocenters. The maximum atomic E-state index is 12.1. The summed E-state index contributed by atoms with van der Waals surface area (Å²) in [7, 11) is 0.799. The van der Waals surface area contributed by atoms with Crippen LogP contribution in [0.5, 0.6) is 0 Å². The first kappa shape index (κ1) is 39.5. The van der Waals surface area contributed by atoms with E-state index in [2.05, 4.69) is 57.8 Å². The zero-order chi connectivity index (χ0) is 38.2. The van der Waals surface area contributed by atoms with Crippen LogP contribution in [0.1, 0.15) is 115 Å². The van der Waals surface area contributed by atoms with Gasteiger partial charge >= 0.3 is 5.97 Å². The molecule has 1 aromatic rings. The van der Waals surface area contributed by atoms with Gasteiger partial charge in [0.15, 0.2) is 9.84 Å². The quantitative estimate of drug-likeness (QED) is 0.252. The first-order chi connectivity index (χ1) is 24.9. The second-order valence-electron chi connectivity index (χ2n) is 19.8. The average molecular weight is 753 g/mol. The Labute approximate surface area is 320 Å². The first-order valence-corrected chi connectivity index (χ1v) is 22.5. The van der Waals surface area contributed by atoms with E-state index in [1.54, 1.807) is 12.1 Å². The van der Waals surface area contributed by atoms with Gasteiger partial charge in [0.05, 0.1) is 29.3 Å². The molecule has 6 aliphatic rings. The number of fused-ring (bicyclic) bond motifs is 7. The lowest BCUT2D eigenvalue weighted by Crippen LogP contribution is -2.69. The minimum atomic E-state index is -2.89. The Hall–Kier alpha value is -1.78. The largest absolute Gasteiger partial charge is 0.478 e. The SMILES string of the molecule is COCC(C)(OC)C1CCC2(NCCN3CCS(=O)(=O)CC3)CCC3(C)C(CCC4C5(C)CC=C(c6ccc(C(=O)O)cc6)C(C)(C)C5CCC43C)C12. The van der Waals surface area contributed by atoms with Crippen LogP contribution in [0.3, 0.4) is 0 Å². The molecule has 9 heteroatoms. The summed E-state index contributed by atoms with van der Waals surface area (Å²) in [5, 5.41) is 13.8. The van der Waals surface area contributed by atoms with Gasteiger partial charge in [0.1, 0.15) is 0 Å². The number of carbonyl (C=O) groups is 1. The summed E-state index contributed by atoms with van der Waals surface area (Å²) >= 11 is 0. The van der Waals surface area contributed by atoms with Crippen molar-refractivity contribution < 1.29 is 27.8 Å². The van der Waals surface area contributed by atoms with Crippen molar-refractivity contribution in [3.8, 4) is 0 Å². The van der Waals surface area contributed by atoms with E-state index in [4.69, 9.17) is 9.47 Å². The number of sulfone groups is 1. The maximum Gasteiger partial charge on any atom is 0.335 e. The molecule has 0 spiro atoms. The molecule has 7 rings (SSSR count). The second kappa shape index (κ2) is 13.7. The minimum Gasteiger partial charge on any atom is -0.478 e. The van der Waals surface area contributed by atoms with Crippen molar-refractivity contribution in [1.29, 1.82) is 0 Å². The summed E-state index contributed by atoms with van der Waals surface area (Å²) in [6, 6.07) is 7.57. The number of hydrogen-bond acceptors (Lipinski definition) is 7. The summed E-state index contributed by atoms with van der Waals surface area (Å²) in [5.41, 5.74) is 3.17. The summed E-state index contributed by atoms with van der Waals surface area (Å²) in [6.45, 7) is 18.9. The fraction of sp³-hybridized carbons (Fsp3) is 0.795. The van der Waals surface area contributed by atoms with E-state index >= 15 is 0 Å². The van der Waals surface area contributed by atoms with Crippen LogP contribution in [-0.2, 0) is 19.3 Å². The van der Waals surface area contributed by atoms with Gasteiger partial charge in [-0.2, -0.15) is 0 Å². The zero-order valence-corrected chi connectivity index (χ0v) is 34.7. The van der Waals surface area contributed by atoms with E-state index in [9.17, 15) is 18.3 Å². The van der Waals surface area contributed by atoms with Gasteiger partial charge < -0.3 is 24.8 Å². The molecule has 5 fully saturated rings. The third-order valence-corrected chi connectivity index (χ3v) is 19.1. The Balaban J connectivity index is 1.18. The molecule has 296 valence electrons. The van der Waals surface area contributed by atoms with Crippen molar-refractivity contribution in [2.75, 3.05) is 58.5 Å². The predicted molar refractivity (Wildman–Crippen MR) is 212 cm³/mol. The predicted octanol–water partition coefficient (Wildman–Crippen LogP) is 7.58. The summed E-state index contributed by atoms with van der Waals surface area (Å²) in [5.74, 6) is 2.32. The highest BCUT2D eigenvalue weighted by atomic mass is 32.2. The molecule has 53 heavy (non-hydrogen) atoms. The number of benzene rings is 1. The van der Waals surface area contributed by atoms with Crippen molar-refractivity contribution in [2.45, 2.75) is 110 Å². The van der Waals surface area contributed by atoms with Crippen molar-refractivity contribution >= 4 is 21.4 Å². The standard InChI is InChI=1S/C44H68N2O6S/c1-39(2)32(30-9-11-31(12-10-30)38(47)48)15-18-40(3)35(39)17-19-42(5)36(40)14-13-33-37-34(43(6,52-8)29-51-7)16-20-44(37,22-21-41(33,42)4)45-23-24-46-25-27-53(49,50)28-26-46/h9-12,15,33-37,45H,13-14,16-29H2,1-8H3,(H,47,48). The van der Waals surface area contributed by atoms with E-state index in [0.717, 1.165) is 37.9 Å². The minimum absolute atomic E-state index is 0.0159. The molecule has 1 heterocycles. The topological polar surface area (TPSA) is 105 Å². The lowest BCUT2D eigenvalue weighted by atomic mass is 9.32. The van der Waals surface area contributed by atoms with Crippen molar-refractivity contribution in [1.82, 2.24) is 10.2 Å². The van der Waals surface area contributed by atoms with Crippen molar-refractivity contribution in [2.24, 2.45) is 51.2 Å². The number of carboxylic acid groups (broad SMARTS) is 1. The van der Waals surface area contributed by atoms with Crippen LogP contribution in [0, 0.1) is 51.2 Å². The van der Waals surface area contributed by atoms with Gasteiger partial charge in [0.2, 0.25) is 0 Å². The Bertz CT molecular complexity index is 1680. The number of hydrogen-bond donors (Lipinski definition) is 2. The van der Waals surface area contributed by atoms with E-state index in [1.165, 1.54) is 44.1 Å². The van der Waals surface area contributed by atoms with Gasteiger partial charge in [-0.1, -0.05) is 52.8 Å². The molecular weight excluding hydrogens is 685 g/mol. The van der Waals surface area contributed by atoms with E-state index in [-0.39, 0.29) is 44.3 Å².